The second kappa shape index (κ2) is 3.61. The van der Waals surface area contributed by atoms with Gasteiger partial charge >= 0.3 is 1.43 Å². The summed E-state index contributed by atoms with van der Waals surface area (Å²) in [4.78, 5) is 0. The van der Waals surface area contributed by atoms with Crippen LogP contribution in [0.5, 0.6) is 0 Å². The molecule has 2 rings (SSSR count). The molecule has 0 unspecified atom stereocenters. The Balaban J connectivity index is 0.000000980. The minimum absolute atomic E-state index is 0. The van der Waals surface area contributed by atoms with Crippen LogP contribution in [0.3, 0.4) is 0 Å². The average Bonchev–Trinajstić information content (AvgIpc) is 2.53. The zero-order valence-corrected chi connectivity index (χ0v) is 7.96. The van der Waals surface area contributed by atoms with Crippen molar-refractivity contribution in [1.82, 2.24) is 0 Å². The molecule has 0 aromatic heterocycles. The summed E-state index contributed by atoms with van der Waals surface area (Å²) in [6, 6.07) is 10.6. The van der Waals surface area contributed by atoms with Crippen molar-refractivity contribution >= 4 is 0 Å². The van der Waals surface area contributed by atoms with Gasteiger partial charge in [-0.05, 0) is 30.9 Å². The lowest BCUT2D eigenvalue weighted by atomic mass is 10.1. The summed E-state index contributed by atoms with van der Waals surface area (Å²) in [7, 11) is 0. The van der Waals surface area contributed by atoms with Gasteiger partial charge in [-0.2, -0.15) is 0 Å². The summed E-state index contributed by atoms with van der Waals surface area (Å²) in [6.07, 6.45) is 6.84. The average molecular weight is 171 g/mol. The van der Waals surface area contributed by atoms with Gasteiger partial charge in [-0.1, -0.05) is 48.1 Å². The Morgan fingerprint density at radius 3 is 2.62 bits per heavy atom. The Kier molecular flexibility index (Phi) is 2.31. The van der Waals surface area contributed by atoms with Gasteiger partial charge in [0.1, 0.15) is 0 Å². The monoisotopic (exact) mass is 171 g/mol. The first-order chi connectivity index (χ1) is 6.34. The maximum atomic E-state index is 2.32. The van der Waals surface area contributed by atoms with Crippen LogP contribution in [0.4, 0.5) is 0 Å². The maximum Gasteiger partial charge on any atom is 1.00 e. The van der Waals surface area contributed by atoms with Crippen LogP contribution in [0.1, 0.15) is 20.3 Å². The first-order valence-corrected chi connectivity index (χ1v) is 4.75. The van der Waals surface area contributed by atoms with Gasteiger partial charge in [0.25, 0.3) is 0 Å². The van der Waals surface area contributed by atoms with E-state index in [9.17, 15) is 0 Å². The van der Waals surface area contributed by atoms with Gasteiger partial charge in [0, 0.05) is 0 Å². The first kappa shape index (κ1) is 8.31. The van der Waals surface area contributed by atoms with Gasteiger partial charge in [0.15, 0.2) is 0 Å². The van der Waals surface area contributed by atoms with Gasteiger partial charge < -0.3 is 0 Å². The molecule has 0 radical (unpaired) electrons. The topological polar surface area (TPSA) is 0 Å². The molecule has 13 heavy (non-hydrogen) atoms. The summed E-state index contributed by atoms with van der Waals surface area (Å²) in [5, 5.41) is 0. The summed E-state index contributed by atoms with van der Waals surface area (Å²) < 4.78 is 0. The number of hydrogen-bond acceptors (Lipinski definition) is 0. The van der Waals surface area contributed by atoms with Crippen molar-refractivity contribution in [3.63, 3.8) is 0 Å². The molecule has 0 spiro atoms. The second-order valence-electron chi connectivity index (χ2n) is 3.64. The number of benzene rings is 1. The lowest BCUT2D eigenvalue weighted by Gasteiger charge is -1.99. The Labute approximate surface area is 81.1 Å². The molecule has 1 aliphatic carbocycles. The van der Waals surface area contributed by atoms with Crippen molar-refractivity contribution in [2.45, 2.75) is 19.8 Å². The predicted octanol–water partition coefficient (Wildman–Crippen LogP) is 3.62. The Bertz CT molecular complexity index is 347. The lowest BCUT2D eigenvalue weighted by Crippen LogP contribution is -1.84. The smallest absolute Gasteiger partial charge is 0.0769 e. The van der Waals surface area contributed by atoms with Crippen LogP contribution in [0.2, 0.25) is 0 Å². The summed E-state index contributed by atoms with van der Waals surface area (Å²) >= 11 is 0. The predicted molar refractivity (Wildman–Crippen MR) is 57.7 cm³/mol. The zero-order valence-electron chi connectivity index (χ0n) is 8.96. The molecule has 1 aliphatic rings. The molecule has 0 fully saturated rings. The molecule has 0 bridgehead atoms. The maximum absolute atomic E-state index is 2.32. The molecule has 0 aliphatic heterocycles. The van der Waals surface area contributed by atoms with Crippen molar-refractivity contribution < 1.29 is 1.43 Å². The minimum atomic E-state index is 0. The summed E-state index contributed by atoms with van der Waals surface area (Å²) in [6.45, 7) is 2.19. The molecule has 0 atom stereocenters. The van der Waals surface area contributed by atoms with Gasteiger partial charge in [-0.25, -0.2) is 0 Å². The SMILES string of the molecule is CC1=CC(Cc2ccccc2)=CC1.[H+]. The van der Waals surface area contributed by atoms with E-state index in [1.54, 1.807) is 0 Å². The largest absolute Gasteiger partial charge is 1.00 e. The van der Waals surface area contributed by atoms with Crippen molar-refractivity contribution in [3.05, 3.63) is 59.2 Å². The van der Waals surface area contributed by atoms with Gasteiger partial charge in [-0.3, -0.25) is 0 Å². The van der Waals surface area contributed by atoms with Crippen LogP contribution in [-0.4, -0.2) is 0 Å². The second-order valence-corrected chi connectivity index (χ2v) is 3.64. The molecule has 0 N–H and O–H groups in total. The van der Waals surface area contributed by atoms with E-state index in [2.05, 4.69) is 49.4 Å². The van der Waals surface area contributed by atoms with E-state index in [-0.39, 0.29) is 1.43 Å². The van der Waals surface area contributed by atoms with E-state index in [1.807, 2.05) is 0 Å². The summed E-state index contributed by atoms with van der Waals surface area (Å²) in [5.74, 6) is 0. The molecule has 0 heteroatoms. The molecular weight excluding hydrogens is 156 g/mol. The fraction of sp³-hybridized carbons (Fsp3) is 0.231. The minimum Gasteiger partial charge on any atom is -0.0769 e. The number of hydrogen-bond donors (Lipinski definition) is 0. The third kappa shape index (κ3) is 2.09. The van der Waals surface area contributed by atoms with E-state index in [0.717, 1.165) is 12.8 Å². The van der Waals surface area contributed by atoms with Gasteiger partial charge in [0.05, 0.1) is 0 Å². The molecular formula is C13H15+. The van der Waals surface area contributed by atoms with Crippen LogP contribution in [0.15, 0.2) is 53.6 Å². The molecule has 1 aromatic rings. The molecule has 0 heterocycles. The Morgan fingerprint density at radius 1 is 1.23 bits per heavy atom. The molecule has 1 aromatic carbocycles. The van der Waals surface area contributed by atoms with Crippen LogP contribution in [0.25, 0.3) is 0 Å². The number of rotatable bonds is 2. The highest BCUT2D eigenvalue weighted by Crippen LogP contribution is 2.19. The number of allylic oxidation sites excluding steroid dienone is 4. The van der Waals surface area contributed by atoms with Crippen LogP contribution < -0.4 is 0 Å². The van der Waals surface area contributed by atoms with Gasteiger partial charge in [0.2, 0.25) is 0 Å². The molecule has 0 nitrogen and oxygen atoms in total. The third-order valence-corrected chi connectivity index (χ3v) is 2.37. The van der Waals surface area contributed by atoms with E-state index in [1.165, 1.54) is 16.7 Å². The molecule has 0 amide bonds. The van der Waals surface area contributed by atoms with Crippen LogP contribution in [0, 0.1) is 0 Å². The van der Waals surface area contributed by atoms with Crippen molar-refractivity contribution in [1.29, 1.82) is 0 Å². The first-order valence-electron chi connectivity index (χ1n) is 4.75. The highest BCUT2D eigenvalue weighted by atomic mass is 14.1. The van der Waals surface area contributed by atoms with Crippen LogP contribution >= 0.6 is 0 Å². The highest BCUT2D eigenvalue weighted by molar-refractivity contribution is 5.35. The van der Waals surface area contributed by atoms with Crippen molar-refractivity contribution in [2.24, 2.45) is 0 Å². The molecule has 0 saturated heterocycles. The fourth-order valence-corrected chi connectivity index (χ4v) is 1.68. The van der Waals surface area contributed by atoms with Crippen molar-refractivity contribution in [3.8, 4) is 0 Å². The van der Waals surface area contributed by atoms with Crippen LogP contribution in [-0.2, 0) is 6.42 Å². The zero-order chi connectivity index (χ0) is 9.10. The molecule has 66 valence electrons. The van der Waals surface area contributed by atoms with E-state index in [0.29, 0.717) is 0 Å². The summed E-state index contributed by atoms with van der Waals surface area (Å²) in [5.41, 5.74) is 4.34. The quantitative estimate of drug-likeness (QED) is 0.637. The van der Waals surface area contributed by atoms with E-state index >= 15 is 0 Å². The van der Waals surface area contributed by atoms with E-state index in [4.69, 9.17) is 0 Å². The normalized spacial score (nSPS) is 15.5. The molecule has 0 saturated carbocycles. The highest BCUT2D eigenvalue weighted by Gasteiger charge is 2.02. The fourth-order valence-electron chi connectivity index (χ4n) is 1.68. The van der Waals surface area contributed by atoms with E-state index < -0.39 is 0 Å². The van der Waals surface area contributed by atoms with Crippen molar-refractivity contribution in [2.75, 3.05) is 0 Å². The van der Waals surface area contributed by atoms with Gasteiger partial charge in [-0.15, -0.1) is 0 Å². The standard InChI is InChI=1S/C13H14/c1-11-7-8-13(9-11)10-12-5-3-2-4-6-12/h2-6,8-9H,7,10H2,1H3/p+1. The lowest BCUT2D eigenvalue weighted by molar-refractivity contribution is 1.20. The Morgan fingerprint density at radius 2 is 2.00 bits per heavy atom. The third-order valence-electron chi connectivity index (χ3n) is 2.37. The Hall–Kier alpha value is -1.30.